The maximum Gasteiger partial charge on any atom is 0.389 e. The number of halogens is 3. The first-order valence-corrected chi connectivity index (χ1v) is 15.5. The molecule has 0 spiro atoms. The van der Waals surface area contributed by atoms with Crippen molar-refractivity contribution in [2.45, 2.75) is 77.3 Å². The monoisotopic (exact) mass is 650 g/mol. The molecule has 0 aromatic heterocycles. The van der Waals surface area contributed by atoms with Crippen molar-refractivity contribution in [3.05, 3.63) is 54.1 Å². The molecule has 0 bridgehead atoms. The van der Waals surface area contributed by atoms with Crippen molar-refractivity contribution < 1.29 is 42.1 Å². The number of aliphatic hydroxyl groups is 1. The number of amides is 4. The number of nitrogens with zero attached hydrogens (tertiary/aromatic N) is 2. The van der Waals surface area contributed by atoms with Crippen LogP contribution in [0.1, 0.15) is 63.2 Å². The third kappa shape index (κ3) is 11.5. The molecular weight excluding hydrogens is 605 g/mol. The lowest BCUT2D eigenvalue weighted by Gasteiger charge is -2.36. The van der Waals surface area contributed by atoms with Gasteiger partial charge in [0, 0.05) is 50.5 Å². The molecule has 0 unspecified atom stereocenters. The molecule has 0 radical (unpaired) electrons. The second-order valence-corrected chi connectivity index (χ2v) is 11.8. The maximum absolute atomic E-state index is 14.2. The van der Waals surface area contributed by atoms with E-state index in [9.17, 15) is 32.7 Å². The molecule has 3 N–H and O–H groups in total. The van der Waals surface area contributed by atoms with E-state index in [0.29, 0.717) is 36.6 Å². The molecule has 1 heterocycles. The van der Waals surface area contributed by atoms with E-state index in [1.807, 2.05) is 19.9 Å². The van der Waals surface area contributed by atoms with E-state index in [0.717, 1.165) is 6.42 Å². The standard InChI is InChI=1S/C33H45F3N4O6/c1-22-19-40(23(2)21-41)31(43)27-18-26(38-32(44)37-25-11-6-5-7-12-25)13-14-28(27)46-24(3)10-8-9-17-45-29(22)20-39(4)30(42)15-16-33(34,35)36/h5-7,11-14,18,22-24,29,41H,8-10,15-17,19-21H2,1-4H3,(H2,37,38,44)/t22-,23-,24+,29-/m0/s1. The summed E-state index contributed by atoms with van der Waals surface area (Å²) < 4.78 is 50.6. The van der Waals surface area contributed by atoms with Gasteiger partial charge < -0.3 is 35.0 Å². The highest BCUT2D eigenvalue weighted by Gasteiger charge is 2.32. The van der Waals surface area contributed by atoms with Crippen LogP contribution >= 0.6 is 0 Å². The van der Waals surface area contributed by atoms with Crippen molar-refractivity contribution in [3.63, 3.8) is 0 Å². The molecule has 0 saturated heterocycles. The number of fused-ring (bicyclic) bond motifs is 1. The zero-order valence-electron chi connectivity index (χ0n) is 26.8. The molecule has 4 atom stereocenters. The largest absolute Gasteiger partial charge is 0.490 e. The topological polar surface area (TPSA) is 120 Å². The quantitative estimate of drug-likeness (QED) is 0.326. The van der Waals surface area contributed by atoms with Crippen LogP contribution in [0.25, 0.3) is 0 Å². The first-order valence-electron chi connectivity index (χ1n) is 15.5. The van der Waals surface area contributed by atoms with E-state index >= 15 is 0 Å². The minimum absolute atomic E-state index is 0.0358. The Morgan fingerprint density at radius 3 is 2.46 bits per heavy atom. The molecule has 2 aromatic carbocycles. The SMILES string of the molecule is C[C@@H]1CCCCO[C@@H](CN(C)C(=O)CCC(F)(F)F)[C@@H](C)CN([C@@H](C)CO)C(=O)c2cc(NC(=O)Nc3ccccc3)ccc2O1. The first kappa shape index (κ1) is 36.6. The minimum atomic E-state index is -4.44. The number of para-hydroxylation sites is 1. The number of nitrogens with one attached hydrogen (secondary N) is 2. The van der Waals surface area contributed by atoms with Crippen LogP contribution in [0.5, 0.6) is 5.75 Å². The van der Waals surface area contributed by atoms with E-state index in [4.69, 9.17) is 9.47 Å². The Hall–Kier alpha value is -3.84. The fourth-order valence-corrected chi connectivity index (χ4v) is 5.09. The van der Waals surface area contributed by atoms with E-state index in [1.165, 1.54) is 22.9 Å². The molecule has 0 saturated carbocycles. The highest BCUT2D eigenvalue weighted by molar-refractivity contribution is 6.02. The van der Waals surface area contributed by atoms with Gasteiger partial charge in [-0.2, -0.15) is 13.2 Å². The summed E-state index contributed by atoms with van der Waals surface area (Å²) in [6.45, 7) is 5.57. The molecule has 0 aliphatic carbocycles. The van der Waals surface area contributed by atoms with Gasteiger partial charge in [0.2, 0.25) is 5.91 Å². The van der Waals surface area contributed by atoms with Crippen LogP contribution in [0, 0.1) is 5.92 Å². The summed E-state index contributed by atoms with van der Waals surface area (Å²) >= 11 is 0. The average Bonchev–Trinajstić information content (AvgIpc) is 3.01. The van der Waals surface area contributed by atoms with Crippen molar-refractivity contribution in [1.82, 2.24) is 9.80 Å². The lowest BCUT2D eigenvalue weighted by Crippen LogP contribution is -2.48. The van der Waals surface area contributed by atoms with Crippen LogP contribution in [-0.4, -0.2) is 90.5 Å². The highest BCUT2D eigenvalue weighted by atomic mass is 19.4. The Kier molecular flexibility index (Phi) is 13.7. The average molecular weight is 651 g/mol. The first-order chi connectivity index (χ1) is 21.8. The molecular formula is C33H45F3N4O6. The van der Waals surface area contributed by atoms with Crippen molar-refractivity contribution in [1.29, 1.82) is 0 Å². The number of urea groups is 1. The number of benzene rings is 2. The number of ether oxygens (including phenoxy) is 2. The number of anilines is 2. The number of aliphatic hydroxyl groups excluding tert-OH is 1. The number of hydrogen-bond acceptors (Lipinski definition) is 6. The molecule has 13 heteroatoms. The summed E-state index contributed by atoms with van der Waals surface area (Å²) in [4.78, 5) is 42.1. The fraction of sp³-hybridized carbons (Fsp3) is 0.545. The van der Waals surface area contributed by atoms with E-state index in [2.05, 4.69) is 10.6 Å². The van der Waals surface area contributed by atoms with Gasteiger partial charge in [0.05, 0.1) is 36.8 Å². The van der Waals surface area contributed by atoms with Crippen LogP contribution in [-0.2, 0) is 9.53 Å². The van der Waals surface area contributed by atoms with Gasteiger partial charge in [-0.3, -0.25) is 9.59 Å². The van der Waals surface area contributed by atoms with Crippen molar-refractivity contribution in [2.75, 3.05) is 44.0 Å². The second-order valence-electron chi connectivity index (χ2n) is 11.8. The van der Waals surface area contributed by atoms with E-state index in [1.54, 1.807) is 43.3 Å². The van der Waals surface area contributed by atoms with Crippen LogP contribution in [0.2, 0.25) is 0 Å². The molecule has 1 aliphatic rings. The van der Waals surface area contributed by atoms with Gasteiger partial charge in [0.1, 0.15) is 5.75 Å². The fourth-order valence-electron chi connectivity index (χ4n) is 5.09. The highest BCUT2D eigenvalue weighted by Crippen LogP contribution is 2.29. The molecule has 3 rings (SSSR count). The lowest BCUT2D eigenvalue weighted by atomic mass is 10.0. The summed E-state index contributed by atoms with van der Waals surface area (Å²) in [5.41, 5.74) is 1.13. The van der Waals surface area contributed by atoms with Crippen molar-refractivity contribution in [3.8, 4) is 5.75 Å². The molecule has 0 fully saturated rings. The Balaban J connectivity index is 1.89. The number of likely N-dealkylation sites (N-methyl/N-ethyl adjacent to an activating group) is 1. The Morgan fingerprint density at radius 2 is 1.78 bits per heavy atom. The zero-order chi connectivity index (χ0) is 33.9. The van der Waals surface area contributed by atoms with E-state index < -0.39 is 49.0 Å². The molecule has 10 nitrogen and oxygen atoms in total. The van der Waals surface area contributed by atoms with Crippen LogP contribution in [0.3, 0.4) is 0 Å². The molecule has 4 amide bonds. The summed E-state index contributed by atoms with van der Waals surface area (Å²) in [6.07, 6.45) is -5.08. The smallest absolute Gasteiger partial charge is 0.389 e. The Morgan fingerprint density at radius 1 is 1.09 bits per heavy atom. The number of rotatable bonds is 8. The van der Waals surface area contributed by atoms with Gasteiger partial charge in [-0.15, -0.1) is 0 Å². The van der Waals surface area contributed by atoms with E-state index in [-0.39, 0.29) is 37.3 Å². The Bertz CT molecular complexity index is 1300. The van der Waals surface area contributed by atoms with Gasteiger partial charge >= 0.3 is 12.2 Å². The molecule has 46 heavy (non-hydrogen) atoms. The van der Waals surface area contributed by atoms with Gasteiger partial charge in [0.25, 0.3) is 5.91 Å². The van der Waals surface area contributed by atoms with Crippen LogP contribution in [0.4, 0.5) is 29.3 Å². The summed E-state index contributed by atoms with van der Waals surface area (Å²) in [5.74, 6) is -1.15. The predicted molar refractivity (Wildman–Crippen MR) is 169 cm³/mol. The third-order valence-electron chi connectivity index (χ3n) is 7.84. The van der Waals surface area contributed by atoms with Crippen LogP contribution in [0.15, 0.2) is 48.5 Å². The number of hydrogen-bond donors (Lipinski definition) is 3. The normalized spacial score (nSPS) is 20.5. The Labute approximate surface area is 268 Å². The number of alkyl halides is 3. The third-order valence-corrected chi connectivity index (χ3v) is 7.84. The zero-order valence-corrected chi connectivity index (χ0v) is 26.8. The summed E-state index contributed by atoms with van der Waals surface area (Å²) in [7, 11) is 1.44. The summed E-state index contributed by atoms with van der Waals surface area (Å²) in [5, 5.41) is 15.6. The lowest BCUT2D eigenvalue weighted by molar-refractivity contribution is -0.149. The minimum Gasteiger partial charge on any atom is -0.490 e. The van der Waals surface area contributed by atoms with Gasteiger partial charge in [-0.25, -0.2) is 4.79 Å². The molecule has 1 aliphatic heterocycles. The predicted octanol–water partition coefficient (Wildman–Crippen LogP) is 5.93. The van der Waals surface area contributed by atoms with Gasteiger partial charge in [0.15, 0.2) is 0 Å². The van der Waals surface area contributed by atoms with Crippen molar-refractivity contribution in [2.24, 2.45) is 5.92 Å². The van der Waals surface area contributed by atoms with Gasteiger partial charge in [-0.1, -0.05) is 25.1 Å². The molecule has 254 valence electrons. The molecule has 2 aromatic rings. The summed E-state index contributed by atoms with van der Waals surface area (Å²) in [6, 6.07) is 12.6. The maximum atomic E-state index is 14.2. The van der Waals surface area contributed by atoms with Crippen molar-refractivity contribution >= 4 is 29.2 Å². The second kappa shape index (κ2) is 17.2. The number of carbonyl (C=O) groups is 3. The van der Waals surface area contributed by atoms with Gasteiger partial charge in [-0.05, 0) is 63.4 Å². The number of carbonyl (C=O) groups excluding carboxylic acids is 3. The van der Waals surface area contributed by atoms with Crippen LogP contribution < -0.4 is 15.4 Å².